The van der Waals surface area contributed by atoms with Gasteiger partial charge in [0.15, 0.2) is 0 Å². The average molecular weight is 484 g/mol. The molecular weight excluding hydrogens is 461 g/mol. The van der Waals surface area contributed by atoms with E-state index in [0.717, 1.165) is 23.8 Å². The van der Waals surface area contributed by atoms with Crippen molar-refractivity contribution in [1.82, 2.24) is 5.43 Å². The SMILES string of the molecule is COc1cc(/C=C/c2ccccc2)c(/C=N/NC(=O)c2ccc(C(F)(F)F)cc2OC)c(OC)c1. The summed E-state index contributed by atoms with van der Waals surface area (Å²) in [7, 11) is 4.20. The fourth-order valence-electron chi connectivity index (χ4n) is 3.21. The zero-order valence-electron chi connectivity index (χ0n) is 19.2. The van der Waals surface area contributed by atoms with Crippen molar-refractivity contribution >= 4 is 24.3 Å². The minimum absolute atomic E-state index is 0.0939. The first-order valence-corrected chi connectivity index (χ1v) is 10.3. The molecule has 0 saturated heterocycles. The molecule has 0 fully saturated rings. The van der Waals surface area contributed by atoms with Crippen molar-refractivity contribution in [3.63, 3.8) is 0 Å². The summed E-state index contributed by atoms with van der Waals surface area (Å²) in [5.41, 5.74) is 3.53. The van der Waals surface area contributed by atoms with Crippen molar-refractivity contribution in [2.75, 3.05) is 21.3 Å². The maximum absolute atomic E-state index is 13.0. The van der Waals surface area contributed by atoms with Crippen LogP contribution in [0.2, 0.25) is 0 Å². The second-order valence-corrected chi connectivity index (χ2v) is 7.19. The Labute approximate surface area is 200 Å². The highest BCUT2D eigenvalue weighted by atomic mass is 19.4. The van der Waals surface area contributed by atoms with Gasteiger partial charge in [-0.3, -0.25) is 4.79 Å². The molecular formula is C26H23F3N2O4. The summed E-state index contributed by atoms with van der Waals surface area (Å²) in [4.78, 5) is 12.6. The maximum Gasteiger partial charge on any atom is 0.416 e. The zero-order chi connectivity index (χ0) is 25.4. The Balaban J connectivity index is 1.89. The van der Waals surface area contributed by atoms with Crippen LogP contribution >= 0.6 is 0 Å². The molecule has 0 spiro atoms. The Bertz CT molecular complexity index is 1240. The number of hydrogen-bond donors (Lipinski definition) is 1. The summed E-state index contributed by atoms with van der Waals surface area (Å²) >= 11 is 0. The summed E-state index contributed by atoms with van der Waals surface area (Å²) in [6.45, 7) is 0. The molecule has 0 saturated carbocycles. The van der Waals surface area contributed by atoms with E-state index in [1.807, 2.05) is 42.5 Å². The molecule has 0 unspecified atom stereocenters. The first kappa shape index (κ1) is 25.4. The van der Waals surface area contributed by atoms with Gasteiger partial charge in [-0.1, -0.05) is 42.5 Å². The number of methoxy groups -OCH3 is 3. The minimum Gasteiger partial charge on any atom is -0.497 e. The van der Waals surface area contributed by atoms with E-state index in [2.05, 4.69) is 10.5 Å². The van der Waals surface area contributed by atoms with Gasteiger partial charge in [-0.2, -0.15) is 18.3 Å². The van der Waals surface area contributed by atoms with Crippen molar-refractivity contribution in [3.05, 3.63) is 88.5 Å². The molecule has 6 nitrogen and oxygen atoms in total. The molecule has 35 heavy (non-hydrogen) atoms. The van der Waals surface area contributed by atoms with Crippen LogP contribution < -0.4 is 19.6 Å². The fourth-order valence-corrected chi connectivity index (χ4v) is 3.21. The third-order valence-corrected chi connectivity index (χ3v) is 4.99. The van der Waals surface area contributed by atoms with Crippen LogP contribution in [-0.2, 0) is 6.18 Å². The molecule has 9 heteroatoms. The molecule has 3 rings (SSSR count). The summed E-state index contributed by atoms with van der Waals surface area (Å²) in [5.74, 6) is 0.0501. The number of halogens is 3. The third-order valence-electron chi connectivity index (χ3n) is 4.99. The van der Waals surface area contributed by atoms with Crippen molar-refractivity contribution in [2.45, 2.75) is 6.18 Å². The summed E-state index contributed by atoms with van der Waals surface area (Å²) in [5, 5.41) is 3.99. The van der Waals surface area contributed by atoms with E-state index >= 15 is 0 Å². The van der Waals surface area contributed by atoms with Crippen LogP contribution in [0.5, 0.6) is 17.2 Å². The van der Waals surface area contributed by atoms with Gasteiger partial charge in [-0.15, -0.1) is 0 Å². The highest BCUT2D eigenvalue weighted by Gasteiger charge is 2.31. The molecule has 0 aromatic heterocycles. The Kier molecular flexibility index (Phi) is 8.14. The van der Waals surface area contributed by atoms with E-state index in [1.54, 1.807) is 12.1 Å². The number of alkyl halides is 3. The number of hydrogen-bond acceptors (Lipinski definition) is 5. The summed E-state index contributed by atoms with van der Waals surface area (Å²) in [6, 6.07) is 15.7. The number of carbonyl (C=O) groups is 1. The topological polar surface area (TPSA) is 69.2 Å². The number of nitrogens with one attached hydrogen (secondary N) is 1. The monoisotopic (exact) mass is 484 g/mol. The van der Waals surface area contributed by atoms with Crippen LogP contribution in [-0.4, -0.2) is 33.5 Å². The van der Waals surface area contributed by atoms with Crippen LogP contribution in [0.3, 0.4) is 0 Å². The van der Waals surface area contributed by atoms with E-state index < -0.39 is 17.6 Å². The Morgan fingerprint density at radius 2 is 1.60 bits per heavy atom. The number of ether oxygens (including phenoxy) is 3. The minimum atomic E-state index is -4.56. The molecule has 0 atom stereocenters. The molecule has 182 valence electrons. The first-order valence-electron chi connectivity index (χ1n) is 10.3. The van der Waals surface area contributed by atoms with Crippen molar-refractivity contribution in [1.29, 1.82) is 0 Å². The fraction of sp³-hybridized carbons (Fsp3) is 0.154. The Morgan fingerprint density at radius 3 is 2.23 bits per heavy atom. The van der Waals surface area contributed by atoms with E-state index in [4.69, 9.17) is 14.2 Å². The summed E-state index contributed by atoms with van der Waals surface area (Å²) in [6.07, 6.45) is 0.575. The molecule has 0 aliphatic heterocycles. The van der Waals surface area contributed by atoms with Gasteiger partial charge in [0.1, 0.15) is 17.2 Å². The Morgan fingerprint density at radius 1 is 0.886 bits per heavy atom. The molecule has 1 amide bonds. The predicted octanol–water partition coefficient (Wildman–Crippen LogP) is 5.67. The van der Waals surface area contributed by atoms with Crippen molar-refractivity contribution in [2.24, 2.45) is 5.10 Å². The first-order chi connectivity index (χ1) is 16.8. The maximum atomic E-state index is 13.0. The van der Waals surface area contributed by atoms with Gasteiger partial charge < -0.3 is 14.2 Å². The van der Waals surface area contributed by atoms with E-state index in [9.17, 15) is 18.0 Å². The standard InChI is InChI=1S/C26H23F3N2O4/c1-33-20-13-18(10-9-17-7-5-4-6-8-17)22(24(15-20)35-3)16-30-31-25(32)21-12-11-19(26(27,28)29)14-23(21)34-2/h4-16H,1-3H3,(H,31,32)/b10-9+,30-16+. The predicted molar refractivity (Wildman–Crippen MR) is 128 cm³/mol. The normalized spacial score (nSPS) is 11.6. The van der Waals surface area contributed by atoms with Crippen LogP contribution in [0.15, 0.2) is 65.8 Å². The molecule has 0 radical (unpaired) electrons. The van der Waals surface area contributed by atoms with E-state index in [0.29, 0.717) is 22.6 Å². The van der Waals surface area contributed by atoms with Crippen LogP contribution in [0.1, 0.15) is 32.6 Å². The van der Waals surface area contributed by atoms with E-state index in [-0.39, 0.29) is 11.3 Å². The quantitative estimate of drug-likeness (QED) is 0.254. The Hall–Kier alpha value is -4.27. The largest absolute Gasteiger partial charge is 0.497 e. The number of rotatable bonds is 8. The molecule has 0 aliphatic rings. The lowest BCUT2D eigenvalue weighted by Gasteiger charge is -2.12. The number of nitrogens with zero attached hydrogens (tertiary/aromatic N) is 1. The lowest BCUT2D eigenvalue weighted by Crippen LogP contribution is -2.19. The number of amides is 1. The molecule has 0 heterocycles. The summed E-state index contributed by atoms with van der Waals surface area (Å²) < 4.78 is 54.6. The number of carbonyl (C=O) groups excluding carboxylic acids is 1. The van der Waals surface area contributed by atoms with Crippen molar-refractivity contribution < 1.29 is 32.2 Å². The lowest BCUT2D eigenvalue weighted by atomic mass is 10.0. The van der Waals surface area contributed by atoms with Gasteiger partial charge in [-0.05, 0) is 35.4 Å². The van der Waals surface area contributed by atoms with Gasteiger partial charge >= 0.3 is 6.18 Å². The second-order valence-electron chi connectivity index (χ2n) is 7.19. The second kappa shape index (κ2) is 11.2. The third kappa shape index (κ3) is 6.41. The molecule has 1 N–H and O–H groups in total. The van der Waals surface area contributed by atoms with Gasteiger partial charge in [0.05, 0.1) is 38.7 Å². The highest BCUT2D eigenvalue weighted by molar-refractivity contribution is 5.98. The molecule has 3 aromatic rings. The number of hydrazone groups is 1. The highest BCUT2D eigenvalue weighted by Crippen LogP contribution is 2.33. The van der Waals surface area contributed by atoms with Crippen molar-refractivity contribution in [3.8, 4) is 17.2 Å². The number of benzene rings is 3. The van der Waals surface area contributed by atoms with Gasteiger partial charge in [0.2, 0.25) is 0 Å². The lowest BCUT2D eigenvalue weighted by molar-refractivity contribution is -0.137. The molecule has 0 aliphatic carbocycles. The van der Waals surface area contributed by atoms with Gasteiger partial charge in [0, 0.05) is 11.6 Å². The molecule has 3 aromatic carbocycles. The van der Waals surface area contributed by atoms with Crippen LogP contribution in [0.4, 0.5) is 13.2 Å². The smallest absolute Gasteiger partial charge is 0.416 e. The van der Waals surface area contributed by atoms with Gasteiger partial charge in [-0.25, -0.2) is 5.43 Å². The van der Waals surface area contributed by atoms with Gasteiger partial charge in [0.25, 0.3) is 5.91 Å². The molecule has 0 bridgehead atoms. The zero-order valence-corrected chi connectivity index (χ0v) is 19.2. The van der Waals surface area contributed by atoms with E-state index in [1.165, 1.54) is 27.5 Å². The average Bonchev–Trinajstić information content (AvgIpc) is 2.87. The van der Waals surface area contributed by atoms with Crippen LogP contribution in [0.25, 0.3) is 12.2 Å². The van der Waals surface area contributed by atoms with Crippen LogP contribution in [0, 0.1) is 0 Å².